The van der Waals surface area contributed by atoms with Crippen LogP contribution in [0, 0.1) is 6.92 Å². The minimum Gasteiger partial charge on any atom is -0.397 e. The monoisotopic (exact) mass is 271 g/mol. The number of amides is 1. The Morgan fingerprint density at radius 2 is 2.05 bits per heavy atom. The molecule has 0 atom stereocenters. The van der Waals surface area contributed by atoms with Gasteiger partial charge in [-0.15, -0.1) is 0 Å². The number of aryl methyl sites for hydroxylation is 1. The number of benzene rings is 1. The number of hydrogen-bond acceptors (Lipinski definition) is 4. The van der Waals surface area contributed by atoms with Crippen LogP contribution in [0.2, 0.25) is 0 Å². The van der Waals surface area contributed by atoms with E-state index in [0.717, 1.165) is 5.56 Å². The molecule has 0 saturated carbocycles. The standard InChI is InChI=1S/C15H17N3O2/c1-10-14(8-12(16)9-17-10)15(20)18-13-4-2-11(3-5-13)6-7-19/h2-5,8-9,19H,6-7,16H2,1H3,(H,18,20). The van der Waals surface area contributed by atoms with Gasteiger partial charge in [0.2, 0.25) is 0 Å². The molecule has 1 heterocycles. The molecule has 0 bridgehead atoms. The minimum atomic E-state index is -0.239. The van der Waals surface area contributed by atoms with Crippen LogP contribution in [0.15, 0.2) is 36.5 Å². The molecule has 0 saturated heterocycles. The average Bonchev–Trinajstić information content (AvgIpc) is 2.44. The van der Waals surface area contributed by atoms with E-state index in [-0.39, 0.29) is 12.5 Å². The van der Waals surface area contributed by atoms with E-state index in [1.54, 1.807) is 25.1 Å². The quantitative estimate of drug-likeness (QED) is 0.790. The van der Waals surface area contributed by atoms with Gasteiger partial charge in [0.1, 0.15) is 0 Å². The molecular weight excluding hydrogens is 254 g/mol. The molecule has 0 radical (unpaired) electrons. The first-order valence-electron chi connectivity index (χ1n) is 6.33. The molecule has 0 unspecified atom stereocenters. The fraction of sp³-hybridized carbons (Fsp3) is 0.200. The first-order chi connectivity index (χ1) is 9.60. The van der Waals surface area contributed by atoms with Crippen LogP contribution in [-0.4, -0.2) is 22.6 Å². The maximum absolute atomic E-state index is 12.2. The molecule has 1 aromatic heterocycles. The van der Waals surface area contributed by atoms with Gasteiger partial charge in [-0.05, 0) is 37.1 Å². The number of nitrogens with two attached hydrogens (primary N) is 1. The number of nitrogens with zero attached hydrogens (tertiary/aromatic N) is 1. The van der Waals surface area contributed by atoms with Crippen molar-refractivity contribution in [3.05, 3.63) is 53.3 Å². The fourth-order valence-corrected chi connectivity index (χ4v) is 1.86. The number of nitrogen functional groups attached to an aromatic ring is 1. The van der Waals surface area contributed by atoms with Gasteiger partial charge in [0.25, 0.3) is 5.91 Å². The van der Waals surface area contributed by atoms with Gasteiger partial charge in [-0.3, -0.25) is 9.78 Å². The lowest BCUT2D eigenvalue weighted by atomic mass is 10.1. The van der Waals surface area contributed by atoms with Crippen molar-refractivity contribution in [2.75, 3.05) is 17.7 Å². The number of hydrogen-bond donors (Lipinski definition) is 3. The van der Waals surface area contributed by atoms with Crippen LogP contribution in [-0.2, 0) is 6.42 Å². The second-order valence-electron chi connectivity index (χ2n) is 4.53. The molecule has 0 aliphatic rings. The molecule has 0 spiro atoms. The third kappa shape index (κ3) is 3.33. The highest BCUT2D eigenvalue weighted by Crippen LogP contribution is 2.14. The number of nitrogens with one attached hydrogen (secondary N) is 1. The lowest BCUT2D eigenvalue weighted by Crippen LogP contribution is -2.14. The normalized spacial score (nSPS) is 10.3. The first-order valence-corrected chi connectivity index (χ1v) is 6.33. The van der Waals surface area contributed by atoms with E-state index in [0.29, 0.717) is 29.1 Å². The largest absolute Gasteiger partial charge is 0.397 e. The van der Waals surface area contributed by atoms with E-state index in [4.69, 9.17) is 10.8 Å². The molecule has 2 rings (SSSR count). The van der Waals surface area contributed by atoms with Gasteiger partial charge >= 0.3 is 0 Å². The Morgan fingerprint density at radius 1 is 1.35 bits per heavy atom. The minimum absolute atomic E-state index is 0.111. The highest BCUT2D eigenvalue weighted by molar-refractivity contribution is 6.05. The third-order valence-corrected chi connectivity index (χ3v) is 2.96. The molecule has 2 aromatic rings. The second kappa shape index (κ2) is 6.16. The van der Waals surface area contributed by atoms with Crippen LogP contribution in [0.5, 0.6) is 0 Å². The van der Waals surface area contributed by atoms with Crippen molar-refractivity contribution in [1.29, 1.82) is 0 Å². The SMILES string of the molecule is Cc1ncc(N)cc1C(=O)Nc1ccc(CCO)cc1. The van der Waals surface area contributed by atoms with Gasteiger partial charge in [-0.25, -0.2) is 0 Å². The molecule has 1 amide bonds. The summed E-state index contributed by atoms with van der Waals surface area (Å²) in [6, 6.07) is 8.96. The maximum atomic E-state index is 12.2. The Bertz CT molecular complexity index is 609. The highest BCUT2D eigenvalue weighted by Gasteiger charge is 2.10. The summed E-state index contributed by atoms with van der Waals surface area (Å²) in [5, 5.41) is 11.6. The fourth-order valence-electron chi connectivity index (χ4n) is 1.86. The number of rotatable bonds is 4. The summed E-state index contributed by atoms with van der Waals surface area (Å²) in [4.78, 5) is 16.2. The molecule has 5 nitrogen and oxygen atoms in total. The van der Waals surface area contributed by atoms with E-state index in [9.17, 15) is 4.79 Å². The van der Waals surface area contributed by atoms with Gasteiger partial charge in [-0.1, -0.05) is 12.1 Å². The first kappa shape index (κ1) is 14.0. The summed E-state index contributed by atoms with van der Waals surface area (Å²) >= 11 is 0. The van der Waals surface area contributed by atoms with Crippen molar-refractivity contribution in [2.45, 2.75) is 13.3 Å². The Hall–Kier alpha value is -2.40. The Balaban J connectivity index is 2.13. The molecule has 104 valence electrons. The maximum Gasteiger partial charge on any atom is 0.257 e. The summed E-state index contributed by atoms with van der Waals surface area (Å²) in [6.07, 6.45) is 2.13. The lowest BCUT2D eigenvalue weighted by Gasteiger charge is -2.08. The van der Waals surface area contributed by atoms with Crippen LogP contribution in [0.4, 0.5) is 11.4 Å². The topological polar surface area (TPSA) is 88.2 Å². The Kier molecular flexibility index (Phi) is 4.32. The number of carbonyl (C=O) groups excluding carboxylic acids is 1. The smallest absolute Gasteiger partial charge is 0.257 e. The van der Waals surface area contributed by atoms with Crippen molar-refractivity contribution >= 4 is 17.3 Å². The van der Waals surface area contributed by atoms with Crippen molar-refractivity contribution in [2.24, 2.45) is 0 Å². The van der Waals surface area contributed by atoms with Gasteiger partial charge < -0.3 is 16.2 Å². The molecule has 20 heavy (non-hydrogen) atoms. The van der Waals surface area contributed by atoms with Crippen molar-refractivity contribution in [3.8, 4) is 0 Å². The zero-order valence-corrected chi connectivity index (χ0v) is 11.3. The van der Waals surface area contributed by atoms with E-state index < -0.39 is 0 Å². The van der Waals surface area contributed by atoms with E-state index in [1.165, 1.54) is 6.20 Å². The van der Waals surface area contributed by atoms with Gasteiger partial charge in [0.15, 0.2) is 0 Å². The summed E-state index contributed by atoms with van der Waals surface area (Å²) in [6.45, 7) is 1.87. The molecule has 4 N–H and O–H groups in total. The summed E-state index contributed by atoms with van der Waals surface area (Å²) in [7, 11) is 0. The zero-order valence-electron chi connectivity index (χ0n) is 11.3. The van der Waals surface area contributed by atoms with Gasteiger partial charge in [0, 0.05) is 12.3 Å². The molecular formula is C15H17N3O2. The number of aromatic nitrogens is 1. The highest BCUT2D eigenvalue weighted by atomic mass is 16.2. The molecule has 0 fully saturated rings. The Labute approximate surface area is 117 Å². The third-order valence-electron chi connectivity index (χ3n) is 2.96. The van der Waals surface area contributed by atoms with Gasteiger partial charge in [-0.2, -0.15) is 0 Å². The lowest BCUT2D eigenvalue weighted by molar-refractivity contribution is 0.102. The van der Waals surface area contributed by atoms with E-state index in [1.807, 2.05) is 12.1 Å². The predicted octanol–water partition coefficient (Wildman–Crippen LogP) is 1.76. The number of pyridine rings is 1. The molecule has 0 aliphatic heterocycles. The number of aliphatic hydroxyl groups is 1. The van der Waals surface area contributed by atoms with Gasteiger partial charge in [0.05, 0.1) is 23.1 Å². The zero-order chi connectivity index (χ0) is 14.5. The second-order valence-corrected chi connectivity index (χ2v) is 4.53. The molecule has 1 aromatic carbocycles. The Morgan fingerprint density at radius 3 is 2.70 bits per heavy atom. The van der Waals surface area contributed by atoms with E-state index in [2.05, 4.69) is 10.3 Å². The summed E-state index contributed by atoms with van der Waals surface area (Å²) in [5.74, 6) is -0.239. The number of aliphatic hydroxyl groups excluding tert-OH is 1. The van der Waals surface area contributed by atoms with Crippen LogP contribution in [0.1, 0.15) is 21.6 Å². The predicted molar refractivity (Wildman–Crippen MR) is 78.6 cm³/mol. The van der Waals surface area contributed by atoms with Crippen molar-refractivity contribution < 1.29 is 9.90 Å². The number of carbonyl (C=O) groups is 1. The van der Waals surface area contributed by atoms with Crippen LogP contribution >= 0.6 is 0 Å². The molecule has 0 aliphatic carbocycles. The number of anilines is 2. The van der Waals surface area contributed by atoms with E-state index >= 15 is 0 Å². The van der Waals surface area contributed by atoms with Crippen LogP contribution < -0.4 is 11.1 Å². The van der Waals surface area contributed by atoms with Crippen LogP contribution in [0.3, 0.4) is 0 Å². The average molecular weight is 271 g/mol. The summed E-state index contributed by atoms with van der Waals surface area (Å²) in [5.41, 5.74) is 8.91. The molecule has 5 heteroatoms. The van der Waals surface area contributed by atoms with Crippen LogP contribution in [0.25, 0.3) is 0 Å². The summed E-state index contributed by atoms with van der Waals surface area (Å²) < 4.78 is 0. The van der Waals surface area contributed by atoms with Crippen molar-refractivity contribution in [3.63, 3.8) is 0 Å². The van der Waals surface area contributed by atoms with Crippen molar-refractivity contribution in [1.82, 2.24) is 4.98 Å².